The number of aryl methyl sites for hydroxylation is 2. The van der Waals surface area contributed by atoms with Crippen molar-refractivity contribution in [2.75, 3.05) is 9.80 Å². The Morgan fingerprint density at radius 1 is 0.492 bits per heavy atom. The van der Waals surface area contributed by atoms with Gasteiger partial charge in [-0.2, -0.15) is 8.78 Å². The molecule has 0 saturated heterocycles. The van der Waals surface area contributed by atoms with Gasteiger partial charge in [-0.15, -0.1) is 44.1 Å². The number of rotatable bonds is 7. The summed E-state index contributed by atoms with van der Waals surface area (Å²) in [7, 11) is 0. The fourth-order valence-electron chi connectivity index (χ4n) is 13.7. The quantitative estimate of drug-likeness (QED) is 0.0398. The SMILES string of the molecule is C1#CCCCCC1.CC(C)C.CC(C)C.CC(C)C1C2CCC#CCCC21.CC(C)C1Cc2ccccc2C#Cc2ccccc21.CC(C)N1C(=O)c2ccccc2C#Cc2ccccc21.CC(C)N1Cc2ccccc2C#Cc2ccccc21.CC(C)N=[N+]=[N-].CC(C)NN.Cc1nnc(C(C)C)nn1.FC1(F)C#Cc2ccccc2CCC1. The lowest BCUT2D eigenvalue weighted by molar-refractivity contribution is 0.0543. The number of hydrogen-bond acceptors (Lipinski definition) is 9. The Bertz CT molecular complexity index is 4740. The van der Waals surface area contributed by atoms with E-state index in [1.807, 2.05) is 133 Å². The molecule has 7 aliphatic rings. The number of benzene rings is 7. The first kappa shape index (κ1) is 99.8. The Balaban J connectivity index is 0.000000244. The summed E-state index contributed by atoms with van der Waals surface area (Å²) in [5, 5.41) is 18.6. The lowest BCUT2D eigenvalue weighted by Gasteiger charge is -2.31. The second-order valence-corrected chi connectivity index (χ2v) is 34.3. The molecule has 3 N–H and O–H groups in total. The molecule has 120 heavy (non-hydrogen) atoms. The first-order valence-electron chi connectivity index (χ1n) is 43.5. The summed E-state index contributed by atoms with van der Waals surface area (Å²) in [6.45, 7) is 45.2. The van der Waals surface area contributed by atoms with Crippen LogP contribution in [0.2, 0.25) is 0 Å². The zero-order chi connectivity index (χ0) is 88.1. The predicted molar refractivity (Wildman–Crippen MR) is 499 cm³/mol. The van der Waals surface area contributed by atoms with E-state index in [0.717, 1.165) is 113 Å². The Labute approximate surface area is 721 Å². The van der Waals surface area contributed by atoms with Gasteiger partial charge in [-0.25, -0.2) is 0 Å². The predicted octanol–water partition coefficient (Wildman–Crippen LogP) is 25.3. The van der Waals surface area contributed by atoms with Gasteiger partial charge in [0.15, 0.2) is 11.6 Å². The number of azide groups is 1. The third-order valence-corrected chi connectivity index (χ3v) is 19.7. The molecule has 1 amide bonds. The van der Waals surface area contributed by atoms with Gasteiger partial charge < -0.3 is 9.80 Å². The molecule has 0 radical (unpaired) electrons. The van der Waals surface area contributed by atoms with Crippen molar-refractivity contribution in [3.63, 3.8) is 0 Å². The molecular formula is C106H135F2N11O. The van der Waals surface area contributed by atoms with Gasteiger partial charge in [-0.05, 0) is 235 Å². The van der Waals surface area contributed by atoms with E-state index in [4.69, 9.17) is 11.4 Å². The van der Waals surface area contributed by atoms with Gasteiger partial charge in [0.05, 0.1) is 16.9 Å². The highest BCUT2D eigenvalue weighted by molar-refractivity contribution is 6.09. The summed E-state index contributed by atoms with van der Waals surface area (Å²) >= 11 is 0. The minimum Gasteiger partial charge on any atom is -0.364 e. The Morgan fingerprint density at radius 3 is 1.41 bits per heavy atom. The van der Waals surface area contributed by atoms with Gasteiger partial charge in [0, 0.05) is 113 Å². The van der Waals surface area contributed by atoms with Crippen LogP contribution in [0.25, 0.3) is 10.4 Å². The van der Waals surface area contributed by atoms with Crippen LogP contribution in [0, 0.1) is 119 Å². The highest BCUT2D eigenvalue weighted by Crippen LogP contribution is 2.56. The van der Waals surface area contributed by atoms with Crippen molar-refractivity contribution in [3.05, 3.63) is 259 Å². The van der Waals surface area contributed by atoms with Gasteiger partial charge in [0.2, 0.25) is 0 Å². The largest absolute Gasteiger partial charge is 0.364 e. The number of fused-ring (bicyclic) bond motifs is 8. The van der Waals surface area contributed by atoms with Crippen LogP contribution in [-0.4, -0.2) is 56.4 Å². The average Bonchev–Trinajstić information content (AvgIpc) is 1.57. The van der Waals surface area contributed by atoms with Crippen LogP contribution in [0.5, 0.6) is 0 Å². The number of nitrogens with two attached hydrogens (primary N) is 1. The van der Waals surface area contributed by atoms with Gasteiger partial charge in [0.1, 0.15) is 0 Å². The minimum absolute atomic E-state index is 0.0112. The third kappa shape index (κ3) is 36.0. The monoisotopic (exact) mass is 1620 g/mol. The molecule has 2 aliphatic heterocycles. The van der Waals surface area contributed by atoms with E-state index in [2.05, 4.69) is 286 Å². The van der Waals surface area contributed by atoms with Crippen molar-refractivity contribution in [2.45, 2.75) is 277 Å². The molecule has 8 aromatic rings. The van der Waals surface area contributed by atoms with E-state index in [1.54, 1.807) is 13.0 Å². The van der Waals surface area contributed by atoms with Crippen molar-refractivity contribution in [1.29, 1.82) is 0 Å². The van der Waals surface area contributed by atoms with Gasteiger partial charge >= 0.3 is 5.92 Å². The van der Waals surface area contributed by atoms with E-state index in [-0.39, 0.29) is 24.4 Å². The standard InChI is InChI=1S/C19H18.C18H15NO.C18H17N.C12H10F2.C12H18.C7H10.C6H10N4.2C4H10.C3H7N3.C3H10N2/c1-14(2)19-13-17-9-4-3-7-15(17)11-12-16-8-5-6-10-18(16)19;1-13(2)19-17-10-6-4-8-15(17)12-11-14-7-3-5-9-16(14)18(19)20;1-14(2)19-13-17-9-4-3-7-15(17)11-12-16-8-5-6-10-18(16)19;13-12(14)8-3-6-10-4-1-2-5-11(10)7-9-12;1-9(2)12-10-7-5-3-4-6-8-11(10)12;1-2-4-6-7-5-3-1;1-4(2)6-9-7-5(3)8-10-6;2*1-4(2)3;1-3(2)5-6-4;1-3(2)5-4/h3-10,14,19H,13H2,1-2H3;3-10,13H,1-2H3;3-10,14H,13H2,1-2H3;1-2,4-5H,3,6,8H2;9-12H,5-8H2,1-2H3;1-5H2;4H,1-3H3;2*4H,1-3H3;3H,1-2H3;3,5H,4H2,1-2H3. The van der Waals surface area contributed by atoms with Crippen LogP contribution in [0.4, 0.5) is 20.2 Å². The molecular weight excluding hydrogens is 1480 g/mol. The first-order valence-corrected chi connectivity index (χ1v) is 43.5. The molecule has 7 aromatic carbocycles. The zero-order valence-corrected chi connectivity index (χ0v) is 75.8. The van der Waals surface area contributed by atoms with Crippen LogP contribution in [0.3, 0.4) is 0 Å². The highest BCUT2D eigenvalue weighted by atomic mass is 19.3. The summed E-state index contributed by atoms with van der Waals surface area (Å²) in [6, 6.07) is 57.8. The lowest BCUT2D eigenvalue weighted by Crippen LogP contribution is -2.38. The van der Waals surface area contributed by atoms with Crippen LogP contribution in [0.1, 0.15) is 304 Å². The van der Waals surface area contributed by atoms with Crippen LogP contribution < -0.4 is 21.1 Å². The number of hydrazine groups is 1. The number of carbonyl (C=O) groups is 1. The van der Waals surface area contributed by atoms with E-state index >= 15 is 0 Å². The molecule has 634 valence electrons. The number of nitrogens with one attached hydrogen (secondary N) is 1. The summed E-state index contributed by atoms with van der Waals surface area (Å²) in [5.74, 6) is 47.5. The molecule has 3 atom stereocenters. The highest BCUT2D eigenvalue weighted by Gasteiger charge is 2.49. The van der Waals surface area contributed by atoms with Gasteiger partial charge in [-0.1, -0.05) is 259 Å². The van der Waals surface area contributed by atoms with Gasteiger partial charge in [-0.3, -0.25) is 16.1 Å². The van der Waals surface area contributed by atoms with Crippen molar-refractivity contribution < 1.29 is 13.6 Å². The van der Waals surface area contributed by atoms with Gasteiger partial charge in [0.25, 0.3) is 5.91 Å². The smallest absolute Gasteiger partial charge is 0.308 e. The molecule has 3 unspecified atom stereocenters. The first-order chi connectivity index (χ1) is 57.4. The summed E-state index contributed by atoms with van der Waals surface area (Å²) in [5.41, 5.74) is 25.2. The van der Waals surface area contributed by atoms with Crippen LogP contribution in [-0.2, 0) is 19.4 Å². The number of alkyl halides is 2. The Kier molecular flexibility index (Phi) is 44.6. The maximum atomic E-state index is 13.0. The normalized spacial score (nSPS) is 16.3. The maximum Gasteiger partial charge on any atom is 0.308 e. The molecule has 1 aromatic heterocycles. The molecule has 0 spiro atoms. The minimum atomic E-state index is -2.81. The van der Waals surface area contributed by atoms with Crippen molar-refractivity contribution in [1.82, 2.24) is 25.8 Å². The molecule has 15 rings (SSSR count). The number of para-hydroxylation sites is 2. The van der Waals surface area contributed by atoms with Crippen LogP contribution >= 0.6 is 0 Å². The number of nitrogens with zero attached hydrogens (tertiary/aromatic N) is 9. The van der Waals surface area contributed by atoms with E-state index in [9.17, 15) is 13.6 Å². The van der Waals surface area contributed by atoms with Crippen molar-refractivity contribution >= 4 is 17.3 Å². The fourth-order valence-corrected chi connectivity index (χ4v) is 13.7. The lowest BCUT2D eigenvalue weighted by atomic mass is 9.79. The number of carbonyl (C=O) groups excluding carboxylic acids is 1. The number of halogens is 2. The number of anilines is 2. The zero-order valence-electron chi connectivity index (χ0n) is 75.8. The van der Waals surface area contributed by atoms with E-state index in [1.165, 1.54) is 65.6 Å². The molecule has 1 fully saturated rings. The second kappa shape index (κ2) is 53.7. The summed E-state index contributed by atoms with van der Waals surface area (Å²) < 4.78 is 25.9. The molecule has 1 saturated carbocycles. The topological polar surface area (TPSA) is 162 Å². The number of hydrogen-bond donors (Lipinski definition) is 2. The third-order valence-electron chi connectivity index (χ3n) is 19.7. The second-order valence-electron chi connectivity index (χ2n) is 34.3. The average molecular weight is 1620 g/mol. The molecule has 14 heteroatoms. The van der Waals surface area contributed by atoms with Crippen LogP contribution in [0.15, 0.2) is 175 Å². The van der Waals surface area contributed by atoms with Crippen molar-refractivity contribution in [3.8, 4) is 71.0 Å². The molecule has 3 heterocycles. The number of aromatic nitrogens is 4. The molecule has 5 aliphatic carbocycles. The maximum absolute atomic E-state index is 13.0. The molecule has 0 bridgehead atoms. The fraction of sp³-hybridized carbons (Fsp3) is 0.462. The Morgan fingerprint density at radius 2 is 0.917 bits per heavy atom. The molecule has 12 nitrogen and oxygen atoms in total. The van der Waals surface area contributed by atoms with Crippen molar-refractivity contribution in [2.24, 2.45) is 52.4 Å². The van der Waals surface area contributed by atoms with E-state index in [0.29, 0.717) is 59.9 Å². The number of amides is 1. The summed E-state index contributed by atoms with van der Waals surface area (Å²) in [6.07, 6.45) is 13.5. The Hall–Kier alpha value is -10.8. The van der Waals surface area contributed by atoms with E-state index < -0.39 is 5.92 Å². The summed E-state index contributed by atoms with van der Waals surface area (Å²) in [4.78, 5) is 19.7.